The lowest BCUT2D eigenvalue weighted by Gasteiger charge is -2.12. The number of aromatic amines is 1. The number of nitrogens with one attached hydrogen (secondary N) is 2. The van der Waals surface area contributed by atoms with Crippen LogP contribution in [0.25, 0.3) is 10.9 Å². The number of hydrogen-bond acceptors (Lipinski definition) is 2. The van der Waals surface area contributed by atoms with Gasteiger partial charge in [0.25, 0.3) is 0 Å². The van der Waals surface area contributed by atoms with Gasteiger partial charge in [0.2, 0.25) is 5.91 Å². The molecule has 3 N–H and O–H groups in total. The molecule has 1 unspecified atom stereocenters. The van der Waals surface area contributed by atoms with E-state index in [-0.39, 0.29) is 12.5 Å². The Hall–Kier alpha value is -2.59. The van der Waals surface area contributed by atoms with Crippen molar-refractivity contribution in [2.75, 3.05) is 6.54 Å². The summed E-state index contributed by atoms with van der Waals surface area (Å²) < 4.78 is 0. The van der Waals surface area contributed by atoms with E-state index < -0.39 is 6.10 Å². The van der Waals surface area contributed by atoms with Crippen molar-refractivity contribution in [3.63, 3.8) is 0 Å². The smallest absolute Gasteiger partial charge is 0.224 e. The number of aliphatic hydroxyl groups excluding tert-OH is 1. The van der Waals surface area contributed by atoms with E-state index in [0.29, 0.717) is 12.8 Å². The number of para-hydroxylation sites is 1. The summed E-state index contributed by atoms with van der Waals surface area (Å²) in [6, 6.07) is 17.8. The number of carbonyl (C=O) groups excluding carboxylic acids is 1. The van der Waals surface area contributed by atoms with Gasteiger partial charge < -0.3 is 15.4 Å². The van der Waals surface area contributed by atoms with Crippen LogP contribution in [0.4, 0.5) is 0 Å². The van der Waals surface area contributed by atoms with E-state index >= 15 is 0 Å². The number of amides is 1. The summed E-state index contributed by atoms with van der Waals surface area (Å²) in [5.41, 5.74) is 4.13. The van der Waals surface area contributed by atoms with Crippen molar-refractivity contribution in [2.45, 2.75) is 25.9 Å². The Morgan fingerprint density at radius 3 is 2.62 bits per heavy atom. The molecule has 4 nitrogen and oxygen atoms in total. The molecule has 0 aliphatic heterocycles. The van der Waals surface area contributed by atoms with Crippen LogP contribution in [0.15, 0.2) is 54.6 Å². The molecule has 0 saturated heterocycles. The molecule has 0 saturated carbocycles. The van der Waals surface area contributed by atoms with E-state index in [0.717, 1.165) is 27.7 Å². The van der Waals surface area contributed by atoms with Crippen LogP contribution in [0, 0.1) is 6.92 Å². The molecular weight excluding hydrogens is 300 g/mol. The summed E-state index contributed by atoms with van der Waals surface area (Å²) in [4.78, 5) is 15.5. The lowest BCUT2D eigenvalue weighted by atomic mass is 10.1. The van der Waals surface area contributed by atoms with Crippen LogP contribution >= 0.6 is 0 Å². The van der Waals surface area contributed by atoms with Gasteiger partial charge in [-0.3, -0.25) is 4.79 Å². The lowest BCUT2D eigenvalue weighted by molar-refractivity contribution is -0.120. The summed E-state index contributed by atoms with van der Waals surface area (Å²) >= 11 is 0. The van der Waals surface area contributed by atoms with Crippen LogP contribution < -0.4 is 5.32 Å². The Labute approximate surface area is 141 Å². The number of fused-ring (bicyclic) bond motifs is 1. The van der Waals surface area contributed by atoms with Crippen LogP contribution in [0.2, 0.25) is 0 Å². The fraction of sp³-hybridized carbons (Fsp3) is 0.250. The Kier molecular flexibility index (Phi) is 4.96. The Morgan fingerprint density at radius 1 is 1.12 bits per heavy atom. The van der Waals surface area contributed by atoms with Gasteiger partial charge in [-0.25, -0.2) is 0 Å². The molecule has 1 atom stereocenters. The molecule has 0 aliphatic rings. The van der Waals surface area contributed by atoms with Gasteiger partial charge in [-0.15, -0.1) is 0 Å². The maximum Gasteiger partial charge on any atom is 0.224 e. The van der Waals surface area contributed by atoms with Gasteiger partial charge in [0.05, 0.1) is 12.5 Å². The second kappa shape index (κ2) is 7.32. The molecule has 0 aliphatic carbocycles. The van der Waals surface area contributed by atoms with E-state index in [1.807, 2.05) is 61.5 Å². The summed E-state index contributed by atoms with van der Waals surface area (Å²) in [7, 11) is 0. The summed E-state index contributed by atoms with van der Waals surface area (Å²) in [5.74, 6) is -0.0741. The van der Waals surface area contributed by atoms with Crippen molar-refractivity contribution < 1.29 is 9.90 Å². The van der Waals surface area contributed by atoms with Crippen molar-refractivity contribution in [3.8, 4) is 0 Å². The van der Waals surface area contributed by atoms with E-state index in [4.69, 9.17) is 0 Å². The molecule has 1 aromatic heterocycles. The molecule has 2 aromatic carbocycles. The first-order valence-electron chi connectivity index (χ1n) is 8.18. The molecule has 1 amide bonds. The van der Waals surface area contributed by atoms with Gasteiger partial charge in [-0.2, -0.15) is 0 Å². The first-order valence-corrected chi connectivity index (χ1v) is 8.18. The third-order valence-corrected chi connectivity index (χ3v) is 4.21. The maximum atomic E-state index is 12.2. The normalized spacial score (nSPS) is 12.2. The number of carbonyl (C=O) groups is 1. The molecule has 0 spiro atoms. The number of aliphatic hydroxyl groups is 1. The highest BCUT2D eigenvalue weighted by molar-refractivity contribution is 5.90. The fourth-order valence-corrected chi connectivity index (χ4v) is 2.98. The number of hydrogen-bond donors (Lipinski definition) is 3. The predicted octanol–water partition coefficient (Wildman–Crippen LogP) is 2.74. The van der Waals surface area contributed by atoms with Crippen molar-refractivity contribution in [3.05, 3.63) is 71.4 Å². The molecule has 0 radical (unpaired) electrons. The van der Waals surface area contributed by atoms with Crippen LogP contribution in [-0.2, 0) is 17.6 Å². The van der Waals surface area contributed by atoms with E-state index in [2.05, 4.69) is 10.3 Å². The van der Waals surface area contributed by atoms with Crippen LogP contribution in [0.5, 0.6) is 0 Å². The van der Waals surface area contributed by atoms with Crippen molar-refractivity contribution in [1.82, 2.24) is 10.3 Å². The molecule has 3 aromatic rings. The topological polar surface area (TPSA) is 65.1 Å². The number of aromatic nitrogens is 1. The highest BCUT2D eigenvalue weighted by Crippen LogP contribution is 2.22. The Morgan fingerprint density at radius 2 is 1.83 bits per heavy atom. The maximum absolute atomic E-state index is 12.2. The van der Waals surface area contributed by atoms with E-state index in [1.165, 1.54) is 0 Å². The van der Waals surface area contributed by atoms with Crippen LogP contribution in [-0.4, -0.2) is 28.6 Å². The average molecular weight is 322 g/mol. The zero-order chi connectivity index (χ0) is 16.9. The van der Waals surface area contributed by atoms with Gasteiger partial charge in [0.1, 0.15) is 0 Å². The molecule has 124 valence electrons. The number of aryl methyl sites for hydroxylation is 1. The van der Waals surface area contributed by atoms with Crippen molar-refractivity contribution in [1.29, 1.82) is 0 Å². The van der Waals surface area contributed by atoms with Crippen molar-refractivity contribution in [2.24, 2.45) is 0 Å². The number of H-pyrrole nitrogens is 1. The lowest BCUT2D eigenvalue weighted by Crippen LogP contribution is -2.34. The highest BCUT2D eigenvalue weighted by Gasteiger charge is 2.13. The molecule has 0 fully saturated rings. The van der Waals surface area contributed by atoms with Crippen LogP contribution in [0.3, 0.4) is 0 Å². The molecule has 4 heteroatoms. The molecular formula is C20H22N2O2. The minimum atomic E-state index is -0.583. The summed E-state index contributed by atoms with van der Waals surface area (Å²) in [5, 5.41) is 14.0. The standard InChI is InChI=1S/C20H22N2O2/c1-14-18(17-9-5-6-10-19(17)22-14)12-20(24)21-13-16(23)11-15-7-3-2-4-8-15/h2-10,16,22-23H,11-13H2,1H3,(H,21,24). The Bertz CT molecular complexity index is 824. The van der Waals surface area contributed by atoms with Crippen molar-refractivity contribution >= 4 is 16.8 Å². The molecule has 1 heterocycles. The van der Waals surface area contributed by atoms with Gasteiger partial charge in [-0.05, 0) is 24.1 Å². The summed E-state index contributed by atoms with van der Waals surface area (Å²) in [6.45, 7) is 2.24. The zero-order valence-corrected chi connectivity index (χ0v) is 13.8. The minimum Gasteiger partial charge on any atom is -0.391 e. The van der Waals surface area contributed by atoms with Gasteiger partial charge in [0.15, 0.2) is 0 Å². The predicted molar refractivity (Wildman–Crippen MR) is 95.9 cm³/mol. The SMILES string of the molecule is Cc1[nH]c2ccccc2c1CC(=O)NCC(O)Cc1ccccc1. The first kappa shape index (κ1) is 16.3. The monoisotopic (exact) mass is 322 g/mol. The molecule has 0 bridgehead atoms. The third kappa shape index (κ3) is 3.84. The van der Waals surface area contributed by atoms with Gasteiger partial charge >= 0.3 is 0 Å². The van der Waals surface area contributed by atoms with Gasteiger partial charge in [-0.1, -0.05) is 48.5 Å². The molecule has 3 rings (SSSR count). The second-order valence-corrected chi connectivity index (χ2v) is 6.10. The zero-order valence-electron chi connectivity index (χ0n) is 13.8. The number of rotatable bonds is 6. The minimum absolute atomic E-state index is 0.0741. The second-order valence-electron chi connectivity index (χ2n) is 6.10. The first-order chi connectivity index (χ1) is 11.6. The van der Waals surface area contributed by atoms with Crippen LogP contribution in [0.1, 0.15) is 16.8 Å². The fourth-order valence-electron chi connectivity index (χ4n) is 2.98. The Balaban J connectivity index is 1.56. The van der Waals surface area contributed by atoms with E-state index in [9.17, 15) is 9.90 Å². The van der Waals surface area contributed by atoms with Gasteiger partial charge in [0, 0.05) is 29.6 Å². The number of benzene rings is 2. The molecule has 24 heavy (non-hydrogen) atoms. The third-order valence-electron chi connectivity index (χ3n) is 4.21. The summed E-state index contributed by atoms with van der Waals surface area (Å²) in [6.07, 6.45) is 0.265. The largest absolute Gasteiger partial charge is 0.391 e. The highest BCUT2D eigenvalue weighted by atomic mass is 16.3. The van der Waals surface area contributed by atoms with E-state index in [1.54, 1.807) is 0 Å². The average Bonchev–Trinajstić information content (AvgIpc) is 2.90. The quantitative estimate of drug-likeness (QED) is 0.653.